The molecule has 0 fully saturated rings. The maximum absolute atomic E-state index is 13.0. The zero-order valence-electron chi connectivity index (χ0n) is 15.0. The van der Waals surface area contributed by atoms with Gasteiger partial charge in [0, 0.05) is 24.2 Å². The van der Waals surface area contributed by atoms with Gasteiger partial charge in [-0.1, -0.05) is 55.3 Å². The van der Waals surface area contributed by atoms with E-state index in [0.717, 1.165) is 36.3 Å². The van der Waals surface area contributed by atoms with Crippen molar-refractivity contribution in [1.82, 2.24) is 14.7 Å². The van der Waals surface area contributed by atoms with Crippen LogP contribution in [0.1, 0.15) is 30.3 Å². The number of nitrogens with zero attached hydrogens (tertiary/aromatic N) is 3. The van der Waals surface area contributed by atoms with Crippen molar-refractivity contribution in [1.29, 1.82) is 0 Å². The summed E-state index contributed by atoms with van der Waals surface area (Å²) in [6.07, 6.45) is 2.03. The zero-order valence-corrected chi connectivity index (χ0v) is 15.8. The molecule has 0 aliphatic carbocycles. The van der Waals surface area contributed by atoms with E-state index < -0.39 is 0 Å². The number of carbonyl (C=O) groups excluding carboxylic acids is 1. The Hall–Kier alpha value is -2.59. The summed E-state index contributed by atoms with van der Waals surface area (Å²) in [5.41, 5.74) is 3.09. The first kappa shape index (κ1) is 18.2. The van der Waals surface area contributed by atoms with Gasteiger partial charge in [-0.2, -0.15) is 5.10 Å². The second kappa shape index (κ2) is 8.19. The van der Waals surface area contributed by atoms with Gasteiger partial charge in [-0.25, -0.2) is 4.68 Å². The van der Waals surface area contributed by atoms with Crippen LogP contribution in [0.15, 0.2) is 60.7 Å². The molecule has 0 saturated carbocycles. The second-order valence-corrected chi connectivity index (χ2v) is 6.69. The van der Waals surface area contributed by atoms with Crippen molar-refractivity contribution >= 4 is 17.5 Å². The minimum Gasteiger partial charge on any atom is -0.340 e. The van der Waals surface area contributed by atoms with E-state index in [9.17, 15) is 4.79 Å². The van der Waals surface area contributed by atoms with Crippen LogP contribution in [-0.2, 0) is 0 Å². The van der Waals surface area contributed by atoms with Crippen molar-refractivity contribution in [2.75, 3.05) is 13.6 Å². The van der Waals surface area contributed by atoms with Gasteiger partial charge in [0.2, 0.25) is 0 Å². The van der Waals surface area contributed by atoms with Gasteiger partial charge in [0.25, 0.3) is 5.91 Å². The number of benzene rings is 2. The summed E-state index contributed by atoms with van der Waals surface area (Å²) >= 11 is 5.99. The fourth-order valence-electron chi connectivity index (χ4n) is 2.75. The molecule has 1 amide bonds. The van der Waals surface area contributed by atoms with E-state index >= 15 is 0 Å². The van der Waals surface area contributed by atoms with E-state index in [1.165, 1.54) is 0 Å². The maximum Gasteiger partial charge on any atom is 0.272 e. The molecule has 1 heterocycles. The Morgan fingerprint density at radius 2 is 1.81 bits per heavy atom. The quantitative estimate of drug-likeness (QED) is 0.610. The minimum atomic E-state index is -0.0324. The molecule has 0 bridgehead atoms. The van der Waals surface area contributed by atoms with E-state index in [0.29, 0.717) is 10.7 Å². The molecule has 4 nitrogen and oxygen atoms in total. The van der Waals surface area contributed by atoms with Crippen LogP contribution < -0.4 is 0 Å². The van der Waals surface area contributed by atoms with Crippen molar-refractivity contribution in [2.24, 2.45) is 0 Å². The zero-order chi connectivity index (χ0) is 18.5. The number of unbranched alkanes of at least 4 members (excludes halogenated alkanes) is 1. The van der Waals surface area contributed by atoms with Gasteiger partial charge in [0.1, 0.15) is 5.69 Å². The third kappa shape index (κ3) is 3.97. The average Bonchev–Trinajstić information content (AvgIpc) is 3.12. The van der Waals surface area contributed by atoms with Crippen LogP contribution in [0.2, 0.25) is 5.02 Å². The standard InChI is InChI=1S/C21H22ClN3O/c1-3-4-14-24(2)21(26)20-15-19(16-10-12-17(22)13-11-16)23-25(20)18-8-6-5-7-9-18/h5-13,15H,3-4,14H2,1-2H3. The number of carbonyl (C=O) groups is 1. The number of halogens is 1. The van der Waals surface area contributed by atoms with Crippen molar-refractivity contribution < 1.29 is 4.79 Å². The molecule has 134 valence electrons. The molecular formula is C21H22ClN3O. The maximum atomic E-state index is 13.0. The first-order valence-electron chi connectivity index (χ1n) is 8.77. The lowest BCUT2D eigenvalue weighted by molar-refractivity contribution is 0.0784. The largest absolute Gasteiger partial charge is 0.340 e. The Balaban J connectivity index is 2.03. The van der Waals surface area contributed by atoms with Crippen molar-refractivity contribution in [2.45, 2.75) is 19.8 Å². The van der Waals surface area contributed by atoms with E-state index in [4.69, 9.17) is 16.7 Å². The van der Waals surface area contributed by atoms with Gasteiger partial charge in [0.05, 0.1) is 11.4 Å². The Kier molecular flexibility index (Phi) is 5.74. The first-order chi connectivity index (χ1) is 12.6. The molecular weight excluding hydrogens is 346 g/mol. The number of amides is 1. The van der Waals surface area contributed by atoms with Crippen LogP contribution >= 0.6 is 11.6 Å². The number of para-hydroxylation sites is 1. The molecule has 2 aromatic carbocycles. The lowest BCUT2D eigenvalue weighted by Crippen LogP contribution is -2.29. The van der Waals surface area contributed by atoms with Crippen molar-refractivity contribution in [3.05, 3.63) is 71.4 Å². The predicted octanol–water partition coefficient (Wildman–Crippen LogP) is 5.06. The Bertz CT molecular complexity index is 872. The highest BCUT2D eigenvalue weighted by atomic mass is 35.5. The van der Waals surface area contributed by atoms with E-state index in [1.807, 2.05) is 67.7 Å². The third-order valence-corrected chi connectivity index (χ3v) is 4.51. The molecule has 0 spiro atoms. The normalized spacial score (nSPS) is 10.7. The van der Waals surface area contributed by atoms with Gasteiger partial charge in [0.15, 0.2) is 0 Å². The minimum absolute atomic E-state index is 0.0324. The topological polar surface area (TPSA) is 38.1 Å². The van der Waals surface area contributed by atoms with Crippen LogP contribution in [0.5, 0.6) is 0 Å². The molecule has 0 radical (unpaired) electrons. The van der Waals surface area contributed by atoms with Gasteiger partial charge < -0.3 is 4.90 Å². The second-order valence-electron chi connectivity index (χ2n) is 6.25. The van der Waals surface area contributed by atoms with Gasteiger partial charge in [-0.3, -0.25) is 4.79 Å². The van der Waals surface area contributed by atoms with Gasteiger partial charge >= 0.3 is 0 Å². The summed E-state index contributed by atoms with van der Waals surface area (Å²) in [4.78, 5) is 14.7. The van der Waals surface area contributed by atoms with Crippen molar-refractivity contribution in [3.8, 4) is 16.9 Å². The highest BCUT2D eigenvalue weighted by molar-refractivity contribution is 6.30. The van der Waals surface area contributed by atoms with E-state index in [1.54, 1.807) is 9.58 Å². The number of hydrogen-bond donors (Lipinski definition) is 0. The summed E-state index contributed by atoms with van der Waals surface area (Å²) in [7, 11) is 1.84. The molecule has 1 aromatic heterocycles. The summed E-state index contributed by atoms with van der Waals surface area (Å²) in [6, 6.07) is 19.0. The Labute approximate surface area is 159 Å². The molecule has 0 saturated heterocycles. The number of hydrogen-bond acceptors (Lipinski definition) is 2. The van der Waals surface area contributed by atoms with Crippen LogP contribution in [-0.4, -0.2) is 34.2 Å². The highest BCUT2D eigenvalue weighted by Gasteiger charge is 2.20. The summed E-state index contributed by atoms with van der Waals surface area (Å²) < 4.78 is 1.72. The molecule has 5 heteroatoms. The molecule has 26 heavy (non-hydrogen) atoms. The van der Waals surface area contributed by atoms with Crippen LogP contribution in [0.4, 0.5) is 0 Å². The lowest BCUT2D eigenvalue weighted by atomic mass is 10.1. The number of rotatable bonds is 6. The van der Waals surface area contributed by atoms with E-state index in [2.05, 4.69) is 6.92 Å². The highest BCUT2D eigenvalue weighted by Crippen LogP contribution is 2.24. The Morgan fingerprint density at radius 3 is 2.46 bits per heavy atom. The molecule has 0 aliphatic rings. The van der Waals surface area contributed by atoms with Gasteiger partial charge in [-0.15, -0.1) is 0 Å². The van der Waals surface area contributed by atoms with Crippen LogP contribution in [0.25, 0.3) is 16.9 Å². The third-order valence-electron chi connectivity index (χ3n) is 4.26. The lowest BCUT2D eigenvalue weighted by Gasteiger charge is -2.17. The first-order valence-corrected chi connectivity index (χ1v) is 9.15. The summed E-state index contributed by atoms with van der Waals surface area (Å²) in [6.45, 7) is 2.84. The fourth-order valence-corrected chi connectivity index (χ4v) is 2.88. The fraction of sp³-hybridized carbons (Fsp3) is 0.238. The predicted molar refractivity (Wildman–Crippen MR) is 106 cm³/mol. The smallest absolute Gasteiger partial charge is 0.272 e. The Morgan fingerprint density at radius 1 is 1.12 bits per heavy atom. The van der Waals surface area contributed by atoms with Crippen molar-refractivity contribution in [3.63, 3.8) is 0 Å². The molecule has 3 aromatic rings. The number of aromatic nitrogens is 2. The van der Waals surface area contributed by atoms with Crippen LogP contribution in [0, 0.1) is 0 Å². The van der Waals surface area contributed by atoms with Crippen LogP contribution in [0.3, 0.4) is 0 Å². The molecule has 3 rings (SSSR count). The summed E-state index contributed by atoms with van der Waals surface area (Å²) in [5, 5.41) is 5.36. The molecule has 0 unspecified atom stereocenters. The average molecular weight is 368 g/mol. The van der Waals surface area contributed by atoms with E-state index in [-0.39, 0.29) is 5.91 Å². The molecule has 0 atom stereocenters. The monoisotopic (exact) mass is 367 g/mol. The SMILES string of the molecule is CCCCN(C)C(=O)c1cc(-c2ccc(Cl)cc2)nn1-c1ccccc1. The molecule has 0 aliphatic heterocycles. The van der Waals surface area contributed by atoms with Gasteiger partial charge in [-0.05, 0) is 36.8 Å². The summed E-state index contributed by atoms with van der Waals surface area (Å²) in [5.74, 6) is -0.0324. The molecule has 0 N–H and O–H groups in total.